The van der Waals surface area contributed by atoms with E-state index in [1.807, 2.05) is 12.1 Å². The maximum Gasteiger partial charge on any atom is 0.133 e. The molecule has 0 fully saturated rings. The molecular formula is C13H20BrNO2. The van der Waals surface area contributed by atoms with E-state index in [1.54, 1.807) is 14.2 Å². The summed E-state index contributed by atoms with van der Waals surface area (Å²) in [6.45, 7) is 2.16. The van der Waals surface area contributed by atoms with Crippen molar-refractivity contribution >= 4 is 15.9 Å². The van der Waals surface area contributed by atoms with Crippen LogP contribution >= 0.6 is 15.9 Å². The number of rotatable bonds is 6. The third-order valence-corrected chi connectivity index (χ3v) is 3.39. The highest BCUT2D eigenvalue weighted by atomic mass is 79.9. The molecule has 17 heavy (non-hydrogen) atoms. The number of halogens is 1. The van der Waals surface area contributed by atoms with Gasteiger partial charge in [0.2, 0.25) is 0 Å². The Labute approximate surface area is 111 Å². The molecule has 2 N–H and O–H groups in total. The van der Waals surface area contributed by atoms with Gasteiger partial charge in [0.1, 0.15) is 11.5 Å². The van der Waals surface area contributed by atoms with E-state index in [9.17, 15) is 0 Å². The summed E-state index contributed by atoms with van der Waals surface area (Å²) in [5.74, 6) is 1.59. The van der Waals surface area contributed by atoms with E-state index in [4.69, 9.17) is 15.2 Å². The van der Waals surface area contributed by atoms with E-state index in [0.717, 1.165) is 40.8 Å². The zero-order chi connectivity index (χ0) is 12.8. The minimum absolute atomic E-state index is 0.00750. The molecule has 0 aliphatic carbocycles. The summed E-state index contributed by atoms with van der Waals surface area (Å²) in [7, 11) is 3.30. The van der Waals surface area contributed by atoms with Gasteiger partial charge in [-0.25, -0.2) is 0 Å². The number of hydrogen-bond acceptors (Lipinski definition) is 3. The summed E-state index contributed by atoms with van der Waals surface area (Å²) in [4.78, 5) is 0. The number of hydrogen-bond donors (Lipinski definition) is 1. The van der Waals surface area contributed by atoms with E-state index in [2.05, 4.69) is 22.9 Å². The van der Waals surface area contributed by atoms with Crippen molar-refractivity contribution in [1.82, 2.24) is 0 Å². The normalized spacial score (nSPS) is 12.3. The minimum atomic E-state index is -0.00750. The van der Waals surface area contributed by atoms with Crippen LogP contribution in [0.1, 0.15) is 37.8 Å². The number of unbranched alkanes of at least 4 members (excludes halogenated alkanes) is 1. The van der Waals surface area contributed by atoms with E-state index in [-0.39, 0.29) is 6.04 Å². The third kappa shape index (κ3) is 3.61. The quantitative estimate of drug-likeness (QED) is 0.872. The van der Waals surface area contributed by atoms with Gasteiger partial charge in [0.05, 0.1) is 18.7 Å². The van der Waals surface area contributed by atoms with Crippen molar-refractivity contribution in [2.75, 3.05) is 14.2 Å². The summed E-state index contributed by atoms with van der Waals surface area (Å²) >= 11 is 3.44. The van der Waals surface area contributed by atoms with Crippen LogP contribution in [-0.2, 0) is 0 Å². The summed E-state index contributed by atoms with van der Waals surface area (Å²) in [5, 5.41) is 0. The predicted molar refractivity (Wildman–Crippen MR) is 73.7 cm³/mol. The zero-order valence-corrected chi connectivity index (χ0v) is 12.2. The first-order chi connectivity index (χ1) is 8.13. The first kappa shape index (κ1) is 14.3. The molecule has 0 aliphatic heterocycles. The van der Waals surface area contributed by atoms with Crippen molar-refractivity contribution in [2.24, 2.45) is 5.73 Å². The molecule has 0 bridgehead atoms. The zero-order valence-electron chi connectivity index (χ0n) is 10.6. The molecule has 0 amide bonds. The van der Waals surface area contributed by atoms with Gasteiger partial charge in [-0.1, -0.05) is 19.8 Å². The van der Waals surface area contributed by atoms with Crippen molar-refractivity contribution in [3.63, 3.8) is 0 Å². The molecule has 0 saturated heterocycles. The minimum Gasteiger partial charge on any atom is -0.496 e. The molecule has 0 heterocycles. The van der Waals surface area contributed by atoms with Gasteiger partial charge in [-0.05, 0) is 34.5 Å². The second kappa shape index (κ2) is 6.87. The van der Waals surface area contributed by atoms with Gasteiger partial charge in [-0.15, -0.1) is 0 Å². The standard InChI is InChI=1S/C13H20BrNO2/c1-4-5-6-11(15)9-7-13(17-3)10(14)8-12(9)16-2/h7-8,11H,4-6,15H2,1-3H3/t11-/m0/s1. The van der Waals surface area contributed by atoms with Crippen molar-refractivity contribution < 1.29 is 9.47 Å². The predicted octanol–water partition coefficient (Wildman–Crippen LogP) is 3.66. The van der Waals surface area contributed by atoms with Crippen molar-refractivity contribution in [3.8, 4) is 11.5 Å². The van der Waals surface area contributed by atoms with Crippen LogP contribution in [0.3, 0.4) is 0 Å². The highest BCUT2D eigenvalue weighted by Gasteiger charge is 2.15. The number of methoxy groups -OCH3 is 2. The Morgan fingerprint density at radius 2 is 1.88 bits per heavy atom. The highest BCUT2D eigenvalue weighted by Crippen LogP contribution is 2.36. The van der Waals surface area contributed by atoms with Crippen LogP contribution in [0.15, 0.2) is 16.6 Å². The summed E-state index contributed by atoms with van der Waals surface area (Å²) < 4.78 is 11.5. The number of ether oxygens (including phenoxy) is 2. The number of benzene rings is 1. The van der Waals surface area contributed by atoms with Gasteiger partial charge in [-0.2, -0.15) is 0 Å². The maximum atomic E-state index is 6.18. The van der Waals surface area contributed by atoms with Crippen LogP contribution in [0.4, 0.5) is 0 Å². The average Bonchev–Trinajstić information content (AvgIpc) is 2.35. The maximum absolute atomic E-state index is 6.18. The van der Waals surface area contributed by atoms with Crippen molar-refractivity contribution in [3.05, 3.63) is 22.2 Å². The topological polar surface area (TPSA) is 44.5 Å². The average molecular weight is 302 g/mol. The molecule has 0 radical (unpaired) electrons. The van der Waals surface area contributed by atoms with Crippen LogP contribution in [0, 0.1) is 0 Å². The van der Waals surface area contributed by atoms with Crippen molar-refractivity contribution in [1.29, 1.82) is 0 Å². The van der Waals surface area contributed by atoms with Gasteiger partial charge in [0.15, 0.2) is 0 Å². The van der Waals surface area contributed by atoms with Gasteiger partial charge in [-0.3, -0.25) is 0 Å². The van der Waals surface area contributed by atoms with Crippen LogP contribution in [0.5, 0.6) is 11.5 Å². The molecule has 0 spiro atoms. The van der Waals surface area contributed by atoms with Gasteiger partial charge >= 0.3 is 0 Å². The van der Waals surface area contributed by atoms with Crippen LogP contribution in [0.2, 0.25) is 0 Å². The lowest BCUT2D eigenvalue weighted by Gasteiger charge is -2.17. The lowest BCUT2D eigenvalue weighted by Crippen LogP contribution is -2.11. The first-order valence-electron chi connectivity index (χ1n) is 5.81. The number of nitrogens with two attached hydrogens (primary N) is 1. The van der Waals surface area contributed by atoms with E-state index >= 15 is 0 Å². The molecular weight excluding hydrogens is 282 g/mol. The third-order valence-electron chi connectivity index (χ3n) is 2.77. The fourth-order valence-electron chi connectivity index (χ4n) is 1.75. The molecule has 96 valence electrons. The first-order valence-corrected chi connectivity index (χ1v) is 6.60. The van der Waals surface area contributed by atoms with Gasteiger partial charge in [0.25, 0.3) is 0 Å². The van der Waals surface area contributed by atoms with Crippen LogP contribution in [0.25, 0.3) is 0 Å². The molecule has 0 saturated carbocycles. The molecule has 1 aromatic rings. The van der Waals surface area contributed by atoms with E-state index in [1.165, 1.54) is 0 Å². The second-order valence-electron chi connectivity index (χ2n) is 3.98. The molecule has 4 heteroatoms. The van der Waals surface area contributed by atoms with Crippen LogP contribution in [-0.4, -0.2) is 14.2 Å². The Balaban J connectivity index is 3.02. The van der Waals surface area contributed by atoms with E-state index < -0.39 is 0 Å². The Bertz CT molecular complexity index is 369. The Hall–Kier alpha value is -0.740. The molecule has 0 unspecified atom stereocenters. The molecule has 1 atom stereocenters. The summed E-state index contributed by atoms with van der Waals surface area (Å²) in [6, 6.07) is 3.84. The Morgan fingerprint density at radius 3 is 2.41 bits per heavy atom. The van der Waals surface area contributed by atoms with E-state index in [0.29, 0.717) is 0 Å². The smallest absolute Gasteiger partial charge is 0.133 e. The molecule has 1 aromatic carbocycles. The summed E-state index contributed by atoms with van der Waals surface area (Å²) in [5.41, 5.74) is 7.18. The van der Waals surface area contributed by atoms with Gasteiger partial charge in [0, 0.05) is 11.6 Å². The largest absolute Gasteiger partial charge is 0.496 e. The van der Waals surface area contributed by atoms with Crippen molar-refractivity contribution in [2.45, 2.75) is 32.2 Å². The lowest BCUT2D eigenvalue weighted by molar-refractivity contribution is 0.391. The Morgan fingerprint density at radius 1 is 1.24 bits per heavy atom. The lowest BCUT2D eigenvalue weighted by atomic mass is 10.0. The summed E-state index contributed by atoms with van der Waals surface area (Å²) in [6.07, 6.45) is 3.21. The SMILES string of the molecule is CCCC[C@H](N)c1cc(OC)c(Br)cc1OC. The molecule has 0 aliphatic rings. The monoisotopic (exact) mass is 301 g/mol. The fourth-order valence-corrected chi connectivity index (χ4v) is 2.24. The van der Waals surface area contributed by atoms with Crippen LogP contribution < -0.4 is 15.2 Å². The second-order valence-corrected chi connectivity index (χ2v) is 4.83. The molecule has 1 rings (SSSR count). The molecule has 3 nitrogen and oxygen atoms in total. The van der Waals surface area contributed by atoms with Gasteiger partial charge < -0.3 is 15.2 Å². The fraction of sp³-hybridized carbons (Fsp3) is 0.538. The highest BCUT2D eigenvalue weighted by molar-refractivity contribution is 9.10. The molecule has 0 aromatic heterocycles. The Kier molecular flexibility index (Phi) is 5.78.